The molecule has 6 heavy (non-hydrogen) atoms. The summed E-state index contributed by atoms with van der Waals surface area (Å²) in [5, 5.41) is 0. The van der Waals surface area contributed by atoms with E-state index in [0.29, 0.717) is 0 Å². The van der Waals surface area contributed by atoms with Gasteiger partial charge in [0.1, 0.15) is 0 Å². The van der Waals surface area contributed by atoms with E-state index in [4.69, 9.17) is 0 Å². The number of hydrogen-bond donors (Lipinski definition) is 0. The average Bonchev–Trinajstić information content (AvgIpc) is 0. The fourth-order valence-electron chi connectivity index (χ4n) is 0. The Bertz CT molecular complexity index is 5.51. The van der Waals surface area contributed by atoms with Crippen LogP contribution in [-0.4, -0.2) is 97.4 Å². The smallest absolute Gasteiger partial charge is 0.870 e. The van der Waals surface area contributed by atoms with Gasteiger partial charge in [0.2, 0.25) is 0 Å². The minimum atomic E-state index is 0. The Morgan fingerprint density at radius 3 is 0.333 bits per heavy atom. The fourth-order valence-corrected chi connectivity index (χ4v) is 0. The Balaban J connectivity index is 0. The average molecular weight is 148 g/mol. The van der Waals surface area contributed by atoms with Crippen LogP contribution in [0.1, 0.15) is 0 Å². The molecule has 0 aliphatic rings. The SMILES string of the molecule is [Ca+2].[Ca+2].[OH-].[OH-].[OH-].[OH-]. The van der Waals surface area contributed by atoms with Crippen LogP contribution in [0.2, 0.25) is 0 Å². The van der Waals surface area contributed by atoms with Gasteiger partial charge in [0.15, 0.2) is 0 Å². The van der Waals surface area contributed by atoms with Crippen molar-refractivity contribution < 1.29 is 21.9 Å². The van der Waals surface area contributed by atoms with Gasteiger partial charge in [-0.3, -0.25) is 0 Å². The van der Waals surface area contributed by atoms with E-state index in [1.807, 2.05) is 0 Å². The van der Waals surface area contributed by atoms with Crippen molar-refractivity contribution in [1.29, 1.82) is 0 Å². The molecule has 0 amide bonds. The Labute approximate surface area is 95.5 Å². The molecular weight excluding hydrogens is 144 g/mol. The number of hydrogen-bond acceptors (Lipinski definition) is 4. The van der Waals surface area contributed by atoms with Gasteiger partial charge in [-0.2, -0.15) is 0 Å². The second-order valence-corrected chi connectivity index (χ2v) is 0. The standard InChI is InChI=1S/2Ca.4H2O/h;;4*1H2/q2*+2;;;;/p-4. The molecule has 4 nitrogen and oxygen atoms in total. The van der Waals surface area contributed by atoms with Crippen LogP contribution in [0.5, 0.6) is 0 Å². The van der Waals surface area contributed by atoms with Gasteiger partial charge in [0, 0.05) is 0 Å². The van der Waals surface area contributed by atoms with Gasteiger partial charge in [-0.25, -0.2) is 0 Å². The summed E-state index contributed by atoms with van der Waals surface area (Å²) in [5.74, 6) is 0. The molecule has 0 saturated heterocycles. The summed E-state index contributed by atoms with van der Waals surface area (Å²) in [6, 6.07) is 0. The van der Waals surface area contributed by atoms with Crippen molar-refractivity contribution in [1.82, 2.24) is 0 Å². The van der Waals surface area contributed by atoms with E-state index in [-0.39, 0.29) is 97.4 Å². The van der Waals surface area contributed by atoms with Gasteiger partial charge >= 0.3 is 75.5 Å². The van der Waals surface area contributed by atoms with Gasteiger partial charge in [-0.05, 0) is 0 Å². The van der Waals surface area contributed by atoms with Crippen molar-refractivity contribution in [2.24, 2.45) is 0 Å². The van der Waals surface area contributed by atoms with Crippen molar-refractivity contribution in [3.8, 4) is 0 Å². The summed E-state index contributed by atoms with van der Waals surface area (Å²) in [6.07, 6.45) is 0. The molecule has 0 fully saturated rings. The molecule has 0 radical (unpaired) electrons. The first-order valence-electron chi connectivity index (χ1n) is 0. The zero-order valence-corrected chi connectivity index (χ0v) is 7.62. The third kappa shape index (κ3) is 32.8. The van der Waals surface area contributed by atoms with Gasteiger partial charge in [-0.1, -0.05) is 0 Å². The minimum absolute atomic E-state index is 0. The Hall–Kier alpha value is 2.36. The third-order valence-corrected chi connectivity index (χ3v) is 0. The molecule has 0 aromatic carbocycles. The largest absolute Gasteiger partial charge is 2.00 e. The molecule has 0 aliphatic carbocycles. The Morgan fingerprint density at radius 2 is 0.333 bits per heavy atom. The minimum Gasteiger partial charge on any atom is -0.870 e. The molecule has 4 N–H and O–H groups in total. The summed E-state index contributed by atoms with van der Waals surface area (Å²) in [6.45, 7) is 0. The predicted molar refractivity (Wildman–Crippen MR) is 19.3 cm³/mol. The summed E-state index contributed by atoms with van der Waals surface area (Å²) < 4.78 is 0. The first-order valence-corrected chi connectivity index (χ1v) is 0. The van der Waals surface area contributed by atoms with E-state index >= 15 is 0 Å². The third-order valence-electron chi connectivity index (χ3n) is 0. The quantitative estimate of drug-likeness (QED) is 0.389. The molecule has 0 heterocycles. The van der Waals surface area contributed by atoms with Crippen LogP contribution in [0.25, 0.3) is 0 Å². The van der Waals surface area contributed by atoms with Crippen LogP contribution < -0.4 is 0 Å². The molecule has 0 unspecified atom stereocenters. The maximum absolute atomic E-state index is 0. The molecule has 6 heteroatoms. The molecule has 32 valence electrons. The van der Waals surface area contributed by atoms with E-state index in [9.17, 15) is 0 Å². The zero-order valence-electron chi connectivity index (χ0n) is 3.20. The van der Waals surface area contributed by atoms with Gasteiger partial charge in [0.25, 0.3) is 0 Å². The van der Waals surface area contributed by atoms with E-state index in [1.165, 1.54) is 0 Å². The molecule has 0 atom stereocenters. The molecule has 0 aliphatic heterocycles. The normalized spacial score (nSPS) is 0. The molecular formula is H4Ca2O4. The summed E-state index contributed by atoms with van der Waals surface area (Å²) in [5.41, 5.74) is 0. The number of rotatable bonds is 0. The van der Waals surface area contributed by atoms with Crippen LogP contribution in [0.3, 0.4) is 0 Å². The Kier molecular flexibility index (Phi) is 725. The van der Waals surface area contributed by atoms with Crippen molar-refractivity contribution >= 4 is 75.5 Å². The monoisotopic (exact) mass is 148 g/mol. The van der Waals surface area contributed by atoms with E-state index < -0.39 is 0 Å². The fraction of sp³-hybridized carbons (Fsp3) is 0. The van der Waals surface area contributed by atoms with Crippen molar-refractivity contribution in [3.63, 3.8) is 0 Å². The summed E-state index contributed by atoms with van der Waals surface area (Å²) in [7, 11) is 0. The topological polar surface area (TPSA) is 120 Å². The van der Waals surface area contributed by atoms with Crippen LogP contribution in [-0.2, 0) is 0 Å². The summed E-state index contributed by atoms with van der Waals surface area (Å²) in [4.78, 5) is 0. The van der Waals surface area contributed by atoms with Gasteiger partial charge < -0.3 is 21.9 Å². The molecule has 0 rings (SSSR count). The summed E-state index contributed by atoms with van der Waals surface area (Å²) >= 11 is 0. The van der Waals surface area contributed by atoms with E-state index in [1.54, 1.807) is 0 Å². The predicted octanol–water partition coefficient (Wildman–Crippen LogP) is -1.47. The molecule has 0 bridgehead atoms. The van der Waals surface area contributed by atoms with Crippen LogP contribution in [0, 0.1) is 0 Å². The first-order chi connectivity index (χ1) is 0. The van der Waals surface area contributed by atoms with Crippen LogP contribution >= 0.6 is 0 Å². The molecule has 0 spiro atoms. The Morgan fingerprint density at radius 1 is 0.333 bits per heavy atom. The van der Waals surface area contributed by atoms with E-state index in [0.717, 1.165) is 0 Å². The maximum Gasteiger partial charge on any atom is 2.00 e. The first kappa shape index (κ1) is 81.3. The van der Waals surface area contributed by atoms with Crippen LogP contribution in [0.15, 0.2) is 0 Å². The molecule has 0 aromatic heterocycles. The van der Waals surface area contributed by atoms with Crippen molar-refractivity contribution in [3.05, 3.63) is 0 Å². The second-order valence-electron chi connectivity index (χ2n) is 0. The van der Waals surface area contributed by atoms with Crippen LogP contribution in [0.4, 0.5) is 0 Å². The second kappa shape index (κ2) is 53.5. The van der Waals surface area contributed by atoms with Gasteiger partial charge in [0.05, 0.1) is 0 Å². The molecule has 0 aromatic rings. The maximum atomic E-state index is 0. The van der Waals surface area contributed by atoms with Crippen molar-refractivity contribution in [2.45, 2.75) is 0 Å². The zero-order chi connectivity index (χ0) is 0. The van der Waals surface area contributed by atoms with E-state index in [2.05, 4.69) is 0 Å². The van der Waals surface area contributed by atoms with Crippen molar-refractivity contribution in [2.75, 3.05) is 0 Å². The molecule has 0 saturated carbocycles. The van der Waals surface area contributed by atoms with Gasteiger partial charge in [-0.15, -0.1) is 0 Å².